The third kappa shape index (κ3) is 2.61. The number of ether oxygens (including phenoxy) is 1. The minimum absolute atomic E-state index is 0.297. The summed E-state index contributed by atoms with van der Waals surface area (Å²) >= 11 is 0. The predicted octanol–water partition coefficient (Wildman–Crippen LogP) is 2.49. The van der Waals surface area contributed by atoms with Crippen LogP contribution in [0.1, 0.15) is 16.7 Å². The number of fused-ring (bicyclic) bond motifs is 2. The minimum atomic E-state index is 0.297. The molecule has 4 aromatic rings. The Morgan fingerprint density at radius 1 is 1.22 bits per heavy atom. The van der Waals surface area contributed by atoms with Gasteiger partial charge in [-0.05, 0) is 23.8 Å². The van der Waals surface area contributed by atoms with Gasteiger partial charge in [-0.15, -0.1) is 5.10 Å². The molecule has 0 amide bonds. The lowest BCUT2D eigenvalue weighted by molar-refractivity contribution is 0.273. The molecule has 0 aliphatic carbocycles. The average molecular weight is 362 g/mol. The number of hydrogen-bond acceptors (Lipinski definition) is 7. The lowest BCUT2D eigenvalue weighted by atomic mass is 10.1. The number of aromatic nitrogens is 4. The van der Waals surface area contributed by atoms with Crippen molar-refractivity contribution < 1.29 is 9.15 Å². The third-order valence-corrected chi connectivity index (χ3v) is 4.83. The molecule has 1 aliphatic rings. The highest BCUT2D eigenvalue weighted by Gasteiger charge is 2.24. The summed E-state index contributed by atoms with van der Waals surface area (Å²) in [7, 11) is 1.71. The lowest BCUT2D eigenvalue weighted by Crippen LogP contribution is -2.17. The van der Waals surface area contributed by atoms with Gasteiger partial charge in [0.15, 0.2) is 11.4 Å². The summed E-state index contributed by atoms with van der Waals surface area (Å²) in [4.78, 5) is 11.2. The van der Waals surface area contributed by atoms with Crippen LogP contribution in [-0.4, -0.2) is 31.6 Å². The van der Waals surface area contributed by atoms with Gasteiger partial charge in [-0.2, -0.15) is 4.52 Å². The lowest BCUT2D eigenvalue weighted by Gasteiger charge is -2.15. The number of methoxy groups -OCH3 is 1. The van der Waals surface area contributed by atoms with Crippen LogP contribution in [-0.2, 0) is 19.6 Å². The van der Waals surface area contributed by atoms with Crippen LogP contribution in [0.25, 0.3) is 17.2 Å². The molecule has 0 spiro atoms. The van der Waals surface area contributed by atoms with Gasteiger partial charge in [0.2, 0.25) is 11.8 Å². The van der Waals surface area contributed by atoms with E-state index in [1.54, 1.807) is 30.2 Å². The first kappa shape index (κ1) is 15.8. The van der Waals surface area contributed by atoms with Crippen molar-refractivity contribution in [2.75, 3.05) is 12.8 Å². The summed E-state index contributed by atoms with van der Waals surface area (Å²) in [5.41, 5.74) is 10.2. The van der Waals surface area contributed by atoms with Crippen LogP contribution >= 0.6 is 0 Å². The van der Waals surface area contributed by atoms with Gasteiger partial charge in [-0.25, -0.2) is 9.97 Å². The minimum Gasteiger partial charge on any atom is -0.496 e. The maximum absolute atomic E-state index is 6.00. The summed E-state index contributed by atoms with van der Waals surface area (Å²) in [6.07, 6.45) is 3.36. The van der Waals surface area contributed by atoms with E-state index in [-0.39, 0.29) is 0 Å². The van der Waals surface area contributed by atoms with Crippen molar-refractivity contribution in [1.82, 2.24) is 24.5 Å². The van der Waals surface area contributed by atoms with Gasteiger partial charge < -0.3 is 14.9 Å². The van der Waals surface area contributed by atoms with E-state index in [9.17, 15) is 0 Å². The van der Waals surface area contributed by atoms with E-state index in [0.29, 0.717) is 29.7 Å². The van der Waals surface area contributed by atoms with E-state index < -0.39 is 0 Å². The van der Waals surface area contributed by atoms with Crippen LogP contribution in [0.5, 0.6) is 5.75 Å². The Labute approximate surface area is 155 Å². The third-order valence-electron chi connectivity index (χ3n) is 4.83. The number of nitrogen functional groups attached to an aromatic ring is 1. The second kappa shape index (κ2) is 6.10. The molecule has 4 heterocycles. The van der Waals surface area contributed by atoms with Crippen LogP contribution in [0.15, 0.2) is 47.2 Å². The molecular formula is C19H18N6O2. The zero-order valence-electron chi connectivity index (χ0n) is 14.8. The van der Waals surface area contributed by atoms with Crippen molar-refractivity contribution in [3.05, 3.63) is 59.5 Å². The van der Waals surface area contributed by atoms with Crippen molar-refractivity contribution in [3.63, 3.8) is 0 Å². The van der Waals surface area contributed by atoms with Gasteiger partial charge in [0, 0.05) is 37.0 Å². The van der Waals surface area contributed by atoms with E-state index >= 15 is 0 Å². The molecule has 0 fully saturated rings. The Kier molecular flexibility index (Phi) is 3.58. The highest BCUT2D eigenvalue weighted by molar-refractivity contribution is 5.57. The van der Waals surface area contributed by atoms with Gasteiger partial charge in [0.25, 0.3) is 0 Å². The fourth-order valence-corrected chi connectivity index (χ4v) is 3.56. The first-order valence-electron chi connectivity index (χ1n) is 8.64. The Hall–Kier alpha value is -3.39. The molecule has 27 heavy (non-hydrogen) atoms. The number of hydrogen-bond donors (Lipinski definition) is 1. The van der Waals surface area contributed by atoms with E-state index in [2.05, 4.69) is 26.0 Å². The molecule has 136 valence electrons. The van der Waals surface area contributed by atoms with Crippen molar-refractivity contribution in [2.45, 2.75) is 19.6 Å². The summed E-state index contributed by atoms with van der Waals surface area (Å²) < 4.78 is 12.5. The van der Waals surface area contributed by atoms with E-state index in [1.807, 2.05) is 18.2 Å². The Morgan fingerprint density at radius 3 is 2.96 bits per heavy atom. The normalized spacial score (nSPS) is 14.0. The molecule has 0 unspecified atom stereocenters. The topological polar surface area (TPSA) is 94.7 Å². The second-order valence-electron chi connectivity index (χ2n) is 6.53. The summed E-state index contributed by atoms with van der Waals surface area (Å²) in [5.74, 6) is 2.32. The van der Waals surface area contributed by atoms with Gasteiger partial charge >= 0.3 is 0 Å². The Bertz CT molecular complexity index is 1120. The molecule has 0 saturated carbocycles. The molecule has 1 aromatic carbocycles. The molecule has 5 rings (SSSR count). The Balaban J connectivity index is 1.48. The molecule has 8 heteroatoms. The average Bonchev–Trinajstić information content (AvgIpc) is 3.42. The molecule has 8 nitrogen and oxygen atoms in total. The van der Waals surface area contributed by atoms with E-state index in [1.165, 1.54) is 11.1 Å². The summed E-state index contributed by atoms with van der Waals surface area (Å²) in [6, 6.07) is 9.79. The molecule has 2 N–H and O–H groups in total. The highest BCUT2D eigenvalue weighted by Crippen LogP contribution is 2.32. The maximum atomic E-state index is 6.00. The zero-order valence-corrected chi connectivity index (χ0v) is 14.8. The number of nitrogens with two attached hydrogens (primary N) is 1. The molecule has 0 radical (unpaired) electrons. The number of anilines is 1. The largest absolute Gasteiger partial charge is 0.496 e. The molecule has 0 saturated heterocycles. The van der Waals surface area contributed by atoms with Gasteiger partial charge in [-0.3, -0.25) is 4.90 Å². The molecule has 0 atom stereocenters. The van der Waals surface area contributed by atoms with Gasteiger partial charge in [0.05, 0.1) is 13.4 Å². The number of furan rings is 1. The smallest absolute Gasteiger partial charge is 0.223 e. The predicted molar refractivity (Wildman–Crippen MR) is 98.8 cm³/mol. The molecule has 1 aliphatic heterocycles. The molecular weight excluding hydrogens is 344 g/mol. The van der Waals surface area contributed by atoms with Crippen molar-refractivity contribution in [2.24, 2.45) is 0 Å². The number of benzene rings is 1. The van der Waals surface area contributed by atoms with Gasteiger partial charge in [-0.1, -0.05) is 12.1 Å². The van der Waals surface area contributed by atoms with Crippen LogP contribution in [0.2, 0.25) is 0 Å². The molecule has 0 bridgehead atoms. The first-order valence-corrected chi connectivity index (χ1v) is 8.64. The highest BCUT2D eigenvalue weighted by atomic mass is 16.5. The summed E-state index contributed by atoms with van der Waals surface area (Å²) in [5, 5.41) is 4.44. The number of nitrogens with zero attached hydrogens (tertiary/aromatic N) is 5. The van der Waals surface area contributed by atoms with Crippen molar-refractivity contribution in [1.29, 1.82) is 0 Å². The van der Waals surface area contributed by atoms with Crippen LogP contribution < -0.4 is 10.5 Å². The fraction of sp³-hybridized carbons (Fsp3) is 0.211. The monoisotopic (exact) mass is 362 g/mol. The Morgan fingerprint density at radius 2 is 2.15 bits per heavy atom. The van der Waals surface area contributed by atoms with Crippen LogP contribution in [0.4, 0.5) is 5.95 Å². The second-order valence-corrected chi connectivity index (χ2v) is 6.53. The van der Waals surface area contributed by atoms with Crippen molar-refractivity contribution in [3.8, 4) is 17.3 Å². The summed E-state index contributed by atoms with van der Waals surface area (Å²) in [6.45, 7) is 2.35. The van der Waals surface area contributed by atoms with E-state index in [4.69, 9.17) is 14.9 Å². The standard InChI is InChI=1S/C19H18N6O2/c1-26-15-5-2-4-12-9-24(11-14(12)15)10-13-8-21-19(20)25-18(13)22-17(23-25)16-6-3-7-27-16/h2-8H,9-11H2,1H3,(H2,20,21). The van der Waals surface area contributed by atoms with Crippen molar-refractivity contribution >= 4 is 11.6 Å². The van der Waals surface area contributed by atoms with Crippen LogP contribution in [0, 0.1) is 0 Å². The quantitative estimate of drug-likeness (QED) is 0.596. The molecule has 3 aromatic heterocycles. The fourth-order valence-electron chi connectivity index (χ4n) is 3.56. The first-order chi connectivity index (χ1) is 13.2. The SMILES string of the molecule is COc1cccc2c1CN(Cc1cnc(N)n3nc(-c4ccco4)nc13)C2. The van der Waals surface area contributed by atoms with E-state index in [0.717, 1.165) is 24.4 Å². The maximum Gasteiger partial charge on any atom is 0.223 e. The number of rotatable bonds is 4. The van der Waals surface area contributed by atoms with Crippen LogP contribution in [0.3, 0.4) is 0 Å². The van der Waals surface area contributed by atoms with Gasteiger partial charge in [0.1, 0.15) is 5.75 Å². The zero-order chi connectivity index (χ0) is 18.4.